The predicted molar refractivity (Wildman–Crippen MR) is 85.5 cm³/mol. The Bertz CT molecular complexity index is 718. The summed E-state index contributed by atoms with van der Waals surface area (Å²) in [6.45, 7) is 5.41. The molecule has 0 saturated heterocycles. The summed E-state index contributed by atoms with van der Waals surface area (Å²) in [7, 11) is 0. The number of hydrogen-bond acceptors (Lipinski definition) is 3. The molecule has 0 aliphatic rings. The second kappa shape index (κ2) is 7.39. The molecular formula is C16H20F2N4O2. The van der Waals surface area contributed by atoms with Crippen LogP contribution in [0.25, 0.3) is 0 Å². The zero-order valence-corrected chi connectivity index (χ0v) is 13.6. The lowest BCUT2D eigenvalue weighted by Crippen LogP contribution is -2.40. The molecular weight excluding hydrogens is 318 g/mol. The van der Waals surface area contributed by atoms with Crippen molar-refractivity contribution >= 4 is 11.8 Å². The van der Waals surface area contributed by atoms with Gasteiger partial charge in [-0.25, -0.2) is 18.3 Å². The fourth-order valence-electron chi connectivity index (χ4n) is 2.25. The van der Waals surface area contributed by atoms with Crippen LogP contribution in [0, 0.1) is 11.6 Å². The molecule has 3 N–H and O–H groups in total. The Balaban J connectivity index is 2.00. The molecule has 2 unspecified atom stereocenters. The third-order valence-corrected chi connectivity index (χ3v) is 3.52. The first-order chi connectivity index (χ1) is 11.3. The van der Waals surface area contributed by atoms with E-state index in [0.29, 0.717) is 5.82 Å². The first-order valence-corrected chi connectivity index (χ1v) is 7.53. The highest BCUT2D eigenvalue weighted by atomic mass is 19.2. The number of aromatic nitrogens is 2. The first kappa shape index (κ1) is 17.9. The number of benzene rings is 1. The lowest BCUT2D eigenvalue weighted by molar-refractivity contribution is 0.138. The molecule has 2 amide bonds. The minimum atomic E-state index is -1.18. The zero-order valence-electron chi connectivity index (χ0n) is 13.6. The lowest BCUT2D eigenvalue weighted by Gasteiger charge is -2.21. The van der Waals surface area contributed by atoms with Crippen molar-refractivity contribution in [1.82, 2.24) is 15.1 Å². The number of rotatable bonds is 5. The number of halogens is 2. The van der Waals surface area contributed by atoms with E-state index in [0.717, 1.165) is 12.1 Å². The van der Waals surface area contributed by atoms with Crippen molar-refractivity contribution in [3.05, 3.63) is 47.7 Å². The van der Waals surface area contributed by atoms with E-state index in [2.05, 4.69) is 15.7 Å². The van der Waals surface area contributed by atoms with Crippen LogP contribution in [0.5, 0.6) is 0 Å². The number of nitrogens with one attached hydrogen (secondary N) is 2. The highest BCUT2D eigenvalue weighted by molar-refractivity contribution is 5.88. The number of aliphatic hydroxyl groups excluding tert-OH is 1. The maximum Gasteiger partial charge on any atom is 0.320 e. The fraction of sp³-hybridized carbons (Fsp3) is 0.375. The summed E-state index contributed by atoms with van der Waals surface area (Å²) in [6.07, 6.45) is 0.385. The first-order valence-electron chi connectivity index (χ1n) is 7.53. The van der Waals surface area contributed by atoms with Crippen molar-refractivity contribution in [2.24, 2.45) is 0 Å². The number of carbonyl (C=O) groups is 1. The Labute approximate surface area is 138 Å². The van der Waals surface area contributed by atoms with Gasteiger partial charge in [0.05, 0.1) is 18.3 Å². The summed E-state index contributed by atoms with van der Waals surface area (Å²) in [5, 5.41) is 19.5. The van der Waals surface area contributed by atoms with Crippen LogP contribution in [0.4, 0.5) is 19.4 Å². The second-order valence-corrected chi connectivity index (χ2v) is 5.76. The van der Waals surface area contributed by atoms with Crippen molar-refractivity contribution in [1.29, 1.82) is 0 Å². The Hall–Kier alpha value is -2.48. The molecule has 0 bridgehead atoms. The van der Waals surface area contributed by atoms with Crippen LogP contribution in [-0.2, 0) is 0 Å². The van der Waals surface area contributed by atoms with E-state index in [-0.39, 0.29) is 11.6 Å². The number of aliphatic hydroxyl groups is 1. The monoisotopic (exact) mass is 338 g/mol. The van der Waals surface area contributed by atoms with Crippen molar-refractivity contribution in [2.45, 2.75) is 39.0 Å². The van der Waals surface area contributed by atoms with Gasteiger partial charge in [-0.3, -0.25) is 5.32 Å². The summed E-state index contributed by atoms with van der Waals surface area (Å²) in [5.74, 6) is -1.53. The SMILES string of the molecule is CC(NC(=O)Nc1ccnn1C(C)C)C(O)c1ccc(F)c(F)c1. The number of anilines is 1. The van der Waals surface area contributed by atoms with E-state index >= 15 is 0 Å². The van der Waals surface area contributed by atoms with E-state index < -0.39 is 29.8 Å². The molecule has 1 aromatic heterocycles. The van der Waals surface area contributed by atoms with Crippen LogP contribution in [0.1, 0.15) is 38.5 Å². The number of amides is 2. The number of hydrogen-bond donors (Lipinski definition) is 3. The number of carbonyl (C=O) groups excluding carboxylic acids is 1. The van der Waals surface area contributed by atoms with Gasteiger partial charge in [-0.15, -0.1) is 0 Å². The maximum absolute atomic E-state index is 13.2. The Morgan fingerprint density at radius 2 is 1.92 bits per heavy atom. The summed E-state index contributed by atoms with van der Waals surface area (Å²) in [6, 6.07) is 3.58. The zero-order chi connectivity index (χ0) is 17.9. The lowest BCUT2D eigenvalue weighted by atomic mass is 10.0. The van der Waals surface area contributed by atoms with Gasteiger partial charge in [0.25, 0.3) is 0 Å². The smallest absolute Gasteiger partial charge is 0.320 e. The molecule has 2 aromatic rings. The molecule has 0 saturated carbocycles. The third-order valence-electron chi connectivity index (χ3n) is 3.52. The van der Waals surface area contributed by atoms with Crippen LogP contribution in [0.2, 0.25) is 0 Å². The van der Waals surface area contributed by atoms with Crippen LogP contribution in [0.15, 0.2) is 30.5 Å². The number of nitrogens with zero attached hydrogens (tertiary/aromatic N) is 2. The van der Waals surface area contributed by atoms with Gasteiger partial charge in [-0.05, 0) is 38.5 Å². The molecule has 0 spiro atoms. The van der Waals surface area contributed by atoms with Gasteiger partial charge in [-0.1, -0.05) is 6.07 Å². The molecule has 130 valence electrons. The van der Waals surface area contributed by atoms with Gasteiger partial charge in [-0.2, -0.15) is 5.10 Å². The quantitative estimate of drug-likeness (QED) is 0.784. The van der Waals surface area contributed by atoms with Crippen molar-refractivity contribution in [3.8, 4) is 0 Å². The molecule has 1 heterocycles. The molecule has 0 aliphatic carbocycles. The topological polar surface area (TPSA) is 79.2 Å². The second-order valence-electron chi connectivity index (χ2n) is 5.76. The average molecular weight is 338 g/mol. The summed E-state index contributed by atoms with van der Waals surface area (Å²) in [5.41, 5.74) is 0.175. The van der Waals surface area contributed by atoms with E-state index in [1.165, 1.54) is 6.07 Å². The standard InChI is InChI=1S/C16H20F2N4O2/c1-9(2)22-14(6-7-19-22)21-16(24)20-10(3)15(23)11-4-5-12(17)13(18)8-11/h4-10,15,23H,1-3H3,(H2,20,21,24). The minimum absolute atomic E-state index is 0.0699. The Morgan fingerprint density at radius 3 is 2.54 bits per heavy atom. The highest BCUT2D eigenvalue weighted by Crippen LogP contribution is 2.19. The highest BCUT2D eigenvalue weighted by Gasteiger charge is 2.20. The molecule has 2 atom stereocenters. The maximum atomic E-state index is 13.2. The molecule has 8 heteroatoms. The van der Waals surface area contributed by atoms with Crippen molar-refractivity contribution in [2.75, 3.05) is 5.32 Å². The largest absolute Gasteiger partial charge is 0.386 e. The van der Waals surface area contributed by atoms with E-state index in [4.69, 9.17) is 0 Å². The molecule has 24 heavy (non-hydrogen) atoms. The predicted octanol–water partition coefficient (Wildman–Crippen LogP) is 2.99. The molecule has 1 aromatic carbocycles. The van der Waals surface area contributed by atoms with Gasteiger partial charge in [0.15, 0.2) is 11.6 Å². The van der Waals surface area contributed by atoms with Gasteiger partial charge in [0.1, 0.15) is 5.82 Å². The van der Waals surface area contributed by atoms with Crippen LogP contribution >= 0.6 is 0 Å². The van der Waals surface area contributed by atoms with Gasteiger partial charge in [0.2, 0.25) is 0 Å². The average Bonchev–Trinajstić information content (AvgIpc) is 2.97. The minimum Gasteiger partial charge on any atom is -0.386 e. The molecule has 0 fully saturated rings. The van der Waals surface area contributed by atoms with Crippen LogP contribution < -0.4 is 10.6 Å². The van der Waals surface area contributed by atoms with Crippen molar-refractivity contribution in [3.63, 3.8) is 0 Å². The summed E-state index contributed by atoms with van der Waals surface area (Å²) >= 11 is 0. The van der Waals surface area contributed by atoms with Gasteiger partial charge < -0.3 is 10.4 Å². The normalized spacial score (nSPS) is 13.6. The fourth-order valence-corrected chi connectivity index (χ4v) is 2.25. The van der Waals surface area contributed by atoms with E-state index in [1.54, 1.807) is 23.9 Å². The van der Waals surface area contributed by atoms with Crippen molar-refractivity contribution < 1.29 is 18.7 Å². The van der Waals surface area contributed by atoms with Gasteiger partial charge >= 0.3 is 6.03 Å². The molecule has 2 rings (SSSR count). The molecule has 6 nitrogen and oxygen atoms in total. The van der Waals surface area contributed by atoms with Gasteiger partial charge in [0, 0.05) is 12.1 Å². The summed E-state index contributed by atoms with van der Waals surface area (Å²) in [4.78, 5) is 12.0. The third kappa shape index (κ3) is 4.08. The van der Waals surface area contributed by atoms with E-state index in [9.17, 15) is 18.7 Å². The van der Waals surface area contributed by atoms with E-state index in [1.807, 2.05) is 13.8 Å². The molecule has 0 radical (unpaired) electrons. The summed E-state index contributed by atoms with van der Waals surface area (Å²) < 4.78 is 27.8. The number of urea groups is 1. The molecule has 0 aliphatic heterocycles. The Kier molecular flexibility index (Phi) is 5.50. The van der Waals surface area contributed by atoms with Crippen LogP contribution in [0.3, 0.4) is 0 Å². The van der Waals surface area contributed by atoms with Crippen LogP contribution in [-0.4, -0.2) is 27.0 Å². The Morgan fingerprint density at radius 1 is 1.21 bits per heavy atom.